The predicted octanol–water partition coefficient (Wildman–Crippen LogP) is 3.71. The average molecular weight is 288 g/mol. The minimum atomic E-state index is -0.705. The van der Waals surface area contributed by atoms with Crippen LogP contribution in [0.2, 0.25) is 0 Å². The Balaban J connectivity index is 1.83. The van der Waals surface area contributed by atoms with Crippen molar-refractivity contribution in [1.29, 1.82) is 0 Å². The molecule has 1 aliphatic rings. The van der Waals surface area contributed by atoms with Crippen LogP contribution in [0.3, 0.4) is 0 Å². The SMILES string of the molecule is Nc1ccc2c(c1)C(=Cc1ccc3ccccc3c1)C(O)N2. The van der Waals surface area contributed by atoms with Crippen molar-refractivity contribution in [2.75, 3.05) is 11.1 Å². The number of nitrogen functional groups attached to an aromatic ring is 1. The lowest BCUT2D eigenvalue weighted by Crippen LogP contribution is -2.12. The standard InChI is InChI=1S/C19H16N2O/c20-15-7-8-18-16(11-15)17(19(22)21-18)10-12-5-6-13-3-1-2-4-14(13)9-12/h1-11,19,21-22H,20H2. The van der Waals surface area contributed by atoms with E-state index in [1.807, 2.05) is 36.4 Å². The normalized spacial score (nSPS) is 18.4. The minimum Gasteiger partial charge on any atom is -0.399 e. The van der Waals surface area contributed by atoms with E-state index in [2.05, 4.69) is 35.6 Å². The highest BCUT2D eigenvalue weighted by Crippen LogP contribution is 2.36. The van der Waals surface area contributed by atoms with Crippen molar-refractivity contribution >= 4 is 33.8 Å². The molecule has 1 heterocycles. The van der Waals surface area contributed by atoms with Crippen molar-refractivity contribution < 1.29 is 5.11 Å². The Morgan fingerprint density at radius 3 is 2.64 bits per heavy atom. The molecule has 0 spiro atoms. The van der Waals surface area contributed by atoms with E-state index >= 15 is 0 Å². The number of hydrogen-bond donors (Lipinski definition) is 3. The first-order valence-corrected chi connectivity index (χ1v) is 7.25. The van der Waals surface area contributed by atoms with Gasteiger partial charge in [0.25, 0.3) is 0 Å². The second-order valence-electron chi connectivity index (χ2n) is 5.56. The summed E-state index contributed by atoms with van der Waals surface area (Å²) in [6, 6.07) is 20.1. The summed E-state index contributed by atoms with van der Waals surface area (Å²) < 4.78 is 0. The summed E-state index contributed by atoms with van der Waals surface area (Å²) in [6.45, 7) is 0. The first-order valence-electron chi connectivity index (χ1n) is 7.25. The van der Waals surface area contributed by atoms with E-state index in [9.17, 15) is 5.11 Å². The van der Waals surface area contributed by atoms with Crippen LogP contribution in [0.15, 0.2) is 60.7 Å². The summed E-state index contributed by atoms with van der Waals surface area (Å²) in [5.41, 5.74) is 10.3. The lowest BCUT2D eigenvalue weighted by Gasteiger charge is -2.06. The predicted molar refractivity (Wildman–Crippen MR) is 92.3 cm³/mol. The lowest BCUT2D eigenvalue weighted by molar-refractivity contribution is 0.266. The molecule has 0 saturated heterocycles. The van der Waals surface area contributed by atoms with Crippen molar-refractivity contribution in [2.24, 2.45) is 0 Å². The van der Waals surface area contributed by atoms with E-state index in [0.717, 1.165) is 22.4 Å². The van der Waals surface area contributed by atoms with E-state index < -0.39 is 6.23 Å². The summed E-state index contributed by atoms with van der Waals surface area (Å²) in [7, 11) is 0. The van der Waals surface area contributed by atoms with Crippen LogP contribution in [-0.4, -0.2) is 11.3 Å². The fourth-order valence-electron chi connectivity index (χ4n) is 2.93. The highest BCUT2D eigenvalue weighted by molar-refractivity contribution is 5.96. The Labute approximate surface area is 128 Å². The molecule has 4 N–H and O–H groups in total. The van der Waals surface area contributed by atoms with Gasteiger partial charge in [-0.1, -0.05) is 36.4 Å². The molecule has 0 saturated carbocycles. The van der Waals surface area contributed by atoms with Gasteiger partial charge >= 0.3 is 0 Å². The maximum Gasteiger partial charge on any atom is 0.151 e. The fourth-order valence-corrected chi connectivity index (χ4v) is 2.93. The average Bonchev–Trinajstić information content (AvgIpc) is 2.83. The van der Waals surface area contributed by atoms with Gasteiger partial charge in [0, 0.05) is 22.5 Å². The molecule has 1 aliphatic heterocycles. The van der Waals surface area contributed by atoms with Crippen molar-refractivity contribution in [3.63, 3.8) is 0 Å². The number of hydrogen-bond acceptors (Lipinski definition) is 3. The summed E-state index contributed by atoms with van der Waals surface area (Å²) in [5.74, 6) is 0. The third-order valence-electron chi connectivity index (χ3n) is 4.04. The van der Waals surface area contributed by atoms with Crippen LogP contribution >= 0.6 is 0 Å². The molecule has 0 radical (unpaired) electrons. The van der Waals surface area contributed by atoms with E-state index in [0.29, 0.717) is 5.69 Å². The van der Waals surface area contributed by atoms with Gasteiger partial charge in [0.1, 0.15) is 0 Å². The molecular formula is C19H16N2O. The molecule has 0 aliphatic carbocycles. The number of rotatable bonds is 1. The Bertz CT molecular complexity index is 899. The maximum atomic E-state index is 10.3. The van der Waals surface area contributed by atoms with Crippen molar-refractivity contribution in [3.05, 3.63) is 71.8 Å². The first kappa shape index (κ1) is 12.9. The monoisotopic (exact) mass is 288 g/mol. The van der Waals surface area contributed by atoms with E-state index in [1.165, 1.54) is 10.8 Å². The van der Waals surface area contributed by atoms with Gasteiger partial charge < -0.3 is 16.2 Å². The van der Waals surface area contributed by atoms with Crippen LogP contribution in [0.5, 0.6) is 0 Å². The molecule has 22 heavy (non-hydrogen) atoms. The summed E-state index contributed by atoms with van der Waals surface area (Å²) in [5, 5.41) is 15.7. The highest BCUT2D eigenvalue weighted by Gasteiger charge is 2.24. The van der Waals surface area contributed by atoms with Gasteiger partial charge in [-0.05, 0) is 46.7 Å². The number of fused-ring (bicyclic) bond motifs is 2. The van der Waals surface area contributed by atoms with Gasteiger partial charge in [0.2, 0.25) is 0 Å². The van der Waals surface area contributed by atoms with E-state index in [-0.39, 0.29) is 0 Å². The third kappa shape index (κ3) is 2.12. The van der Waals surface area contributed by atoms with Gasteiger partial charge in [-0.15, -0.1) is 0 Å². The van der Waals surface area contributed by atoms with Gasteiger partial charge in [-0.3, -0.25) is 0 Å². The molecule has 0 fully saturated rings. The minimum absolute atomic E-state index is 0.694. The number of aliphatic hydroxyl groups excluding tert-OH is 1. The van der Waals surface area contributed by atoms with Gasteiger partial charge in [-0.25, -0.2) is 0 Å². The van der Waals surface area contributed by atoms with Crippen LogP contribution in [0.25, 0.3) is 22.4 Å². The molecule has 0 bridgehead atoms. The molecular weight excluding hydrogens is 272 g/mol. The number of nitrogens with one attached hydrogen (secondary N) is 1. The number of benzene rings is 3. The molecule has 3 heteroatoms. The smallest absolute Gasteiger partial charge is 0.151 e. The maximum absolute atomic E-state index is 10.3. The zero-order chi connectivity index (χ0) is 15.1. The summed E-state index contributed by atoms with van der Waals surface area (Å²) >= 11 is 0. The second-order valence-corrected chi connectivity index (χ2v) is 5.56. The van der Waals surface area contributed by atoms with E-state index in [4.69, 9.17) is 5.73 Å². The Kier molecular flexibility index (Phi) is 2.88. The van der Waals surface area contributed by atoms with Crippen molar-refractivity contribution in [1.82, 2.24) is 0 Å². The number of nitrogens with two attached hydrogens (primary N) is 1. The topological polar surface area (TPSA) is 58.3 Å². The van der Waals surface area contributed by atoms with Crippen LogP contribution in [0, 0.1) is 0 Å². The molecule has 1 atom stereocenters. The fraction of sp³-hybridized carbons (Fsp3) is 0.0526. The first-order chi connectivity index (χ1) is 10.7. The molecule has 4 rings (SSSR count). The van der Waals surface area contributed by atoms with Crippen LogP contribution in [0.1, 0.15) is 11.1 Å². The molecule has 3 nitrogen and oxygen atoms in total. The van der Waals surface area contributed by atoms with Gasteiger partial charge in [-0.2, -0.15) is 0 Å². The molecule has 108 valence electrons. The highest BCUT2D eigenvalue weighted by atomic mass is 16.3. The van der Waals surface area contributed by atoms with E-state index in [1.54, 1.807) is 0 Å². The molecule has 0 aromatic heterocycles. The Morgan fingerprint density at radius 2 is 1.77 bits per heavy atom. The zero-order valence-corrected chi connectivity index (χ0v) is 12.0. The van der Waals surface area contributed by atoms with Crippen molar-refractivity contribution in [2.45, 2.75) is 6.23 Å². The summed E-state index contributed by atoms with van der Waals surface area (Å²) in [6.07, 6.45) is 1.30. The number of aliphatic hydroxyl groups is 1. The quantitative estimate of drug-likeness (QED) is 0.598. The molecule has 3 aromatic carbocycles. The van der Waals surface area contributed by atoms with Gasteiger partial charge in [0.05, 0.1) is 0 Å². The lowest BCUT2D eigenvalue weighted by atomic mass is 10.0. The van der Waals surface area contributed by atoms with Crippen molar-refractivity contribution in [3.8, 4) is 0 Å². The van der Waals surface area contributed by atoms with Gasteiger partial charge in [0.15, 0.2) is 6.23 Å². The number of anilines is 2. The third-order valence-corrected chi connectivity index (χ3v) is 4.04. The molecule has 3 aromatic rings. The Morgan fingerprint density at radius 1 is 0.955 bits per heavy atom. The van der Waals surface area contributed by atoms with Crippen LogP contribution in [0.4, 0.5) is 11.4 Å². The Hall–Kier alpha value is -2.78. The molecule has 0 amide bonds. The second kappa shape index (κ2) is 4.90. The van der Waals surface area contributed by atoms with Crippen LogP contribution in [-0.2, 0) is 0 Å². The molecule has 1 unspecified atom stereocenters. The zero-order valence-electron chi connectivity index (χ0n) is 12.0. The van der Waals surface area contributed by atoms with Crippen LogP contribution < -0.4 is 11.1 Å². The summed E-state index contributed by atoms with van der Waals surface area (Å²) in [4.78, 5) is 0. The largest absolute Gasteiger partial charge is 0.399 e.